The van der Waals surface area contributed by atoms with Gasteiger partial charge in [0.05, 0.1) is 88.8 Å². The van der Waals surface area contributed by atoms with E-state index in [1.54, 1.807) is 6.08 Å². The number of Topliss-reactive ketones (excluding diaryl/α,β-unsaturated/α-hetero) is 1. The summed E-state index contributed by atoms with van der Waals surface area (Å²) in [7, 11) is 0. The third kappa shape index (κ3) is 31.6. The van der Waals surface area contributed by atoms with Crippen LogP contribution in [0.3, 0.4) is 0 Å². The van der Waals surface area contributed by atoms with E-state index in [-0.39, 0.29) is 6.42 Å². The molecule has 0 spiro atoms. The van der Waals surface area contributed by atoms with Crippen molar-refractivity contribution in [3.05, 3.63) is 12.2 Å². The molecular formula is C83H145N3O39. The molecule has 726 valence electrons. The number of ether oxygens (including phenoxy) is 12. The van der Waals surface area contributed by atoms with Crippen molar-refractivity contribution in [3.8, 4) is 0 Å². The molecule has 6 aliphatic heterocycles. The third-order valence-corrected chi connectivity index (χ3v) is 23.9. The van der Waals surface area contributed by atoms with E-state index in [4.69, 9.17) is 56.8 Å². The highest BCUT2D eigenvalue weighted by atomic mass is 16.8. The number of aliphatic carboxylic acids is 2. The summed E-state index contributed by atoms with van der Waals surface area (Å²) in [4.78, 5) is 80.4. The number of carbonyl (C=O) groups excluding carboxylic acids is 4. The highest BCUT2D eigenvalue weighted by molar-refractivity contribution is 5.78. The lowest BCUT2D eigenvalue weighted by molar-refractivity contribution is -0.407. The molecule has 0 radical (unpaired) electrons. The Morgan fingerprint density at radius 3 is 1.38 bits per heavy atom. The van der Waals surface area contributed by atoms with Crippen LogP contribution in [0.2, 0.25) is 0 Å². The van der Waals surface area contributed by atoms with Crippen LogP contribution in [0.15, 0.2) is 12.2 Å². The number of rotatable bonds is 58. The number of aliphatic hydroxyl groups is 19. The van der Waals surface area contributed by atoms with E-state index in [2.05, 4.69) is 29.8 Å². The first-order chi connectivity index (χ1) is 59.6. The fourth-order valence-electron chi connectivity index (χ4n) is 16.8. The predicted molar refractivity (Wildman–Crippen MR) is 432 cm³/mol. The summed E-state index contributed by atoms with van der Waals surface area (Å²) < 4.78 is 72.4. The molecule has 6 rings (SSSR count). The Bertz CT molecular complexity index is 3160. The first-order valence-electron chi connectivity index (χ1n) is 44.4. The lowest BCUT2D eigenvalue weighted by Crippen LogP contribution is -2.72. The number of allylic oxidation sites excluding steroid dienone is 1. The second-order valence-corrected chi connectivity index (χ2v) is 33.9. The van der Waals surface area contributed by atoms with Gasteiger partial charge in [-0.05, 0) is 26.2 Å². The summed E-state index contributed by atoms with van der Waals surface area (Å²) in [5.41, 5.74) is 0. The van der Waals surface area contributed by atoms with E-state index < -0.39 is 308 Å². The molecule has 6 aliphatic rings. The van der Waals surface area contributed by atoms with Crippen molar-refractivity contribution in [1.82, 2.24) is 16.0 Å². The van der Waals surface area contributed by atoms with Crippen molar-refractivity contribution < 1.29 is 193 Å². The van der Waals surface area contributed by atoms with Crippen LogP contribution in [0.4, 0.5) is 0 Å². The molecular weight excluding hydrogens is 1660 g/mol. The zero-order valence-corrected chi connectivity index (χ0v) is 72.3. The smallest absolute Gasteiger partial charge is 0.364 e. The molecule has 34 atom stereocenters. The number of amides is 3. The lowest BCUT2D eigenvalue weighted by atomic mass is 9.86. The first-order valence-corrected chi connectivity index (χ1v) is 44.4. The number of carboxylic acids is 2. The predicted octanol–water partition coefficient (Wildman–Crippen LogP) is -3.56. The van der Waals surface area contributed by atoms with Crippen LogP contribution in [0, 0.1) is 5.92 Å². The second-order valence-electron chi connectivity index (χ2n) is 33.9. The highest BCUT2D eigenvalue weighted by Gasteiger charge is 2.64. The largest absolute Gasteiger partial charge is 0.477 e. The molecule has 0 aromatic heterocycles. The molecule has 6 saturated heterocycles. The van der Waals surface area contributed by atoms with Crippen LogP contribution in [-0.2, 0) is 85.6 Å². The summed E-state index contributed by atoms with van der Waals surface area (Å²) in [5, 5.41) is 245. The van der Waals surface area contributed by atoms with E-state index in [0.717, 1.165) is 85.0 Å². The van der Waals surface area contributed by atoms with Crippen molar-refractivity contribution in [2.45, 2.75) is 422 Å². The van der Waals surface area contributed by atoms with Gasteiger partial charge in [0.15, 0.2) is 25.2 Å². The lowest BCUT2D eigenvalue weighted by Gasteiger charge is -2.53. The Hall–Kier alpha value is -4.48. The number of ketones is 1. The average molecular weight is 1810 g/mol. The number of hydrogen-bond acceptors (Lipinski definition) is 37. The highest BCUT2D eigenvalue weighted by Crippen LogP contribution is 2.44. The molecule has 3 amide bonds. The minimum atomic E-state index is -3.68. The van der Waals surface area contributed by atoms with Gasteiger partial charge in [-0.2, -0.15) is 0 Å². The molecule has 6 heterocycles. The van der Waals surface area contributed by atoms with Crippen LogP contribution in [0.5, 0.6) is 0 Å². The van der Waals surface area contributed by atoms with Gasteiger partial charge in [-0.3, -0.25) is 14.4 Å². The molecule has 42 nitrogen and oxygen atoms in total. The molecule has 0 bridgehead atoms. The summed E-state index contributed by atoms with van der Waals surface area (Å²) in [5.74, 6) is -16.5. The minimum absolute atomic E-state index is 0.0879. The van der Waals surface area contributed by atoms with Crippen LogP contribution < -0.4 is 16.0 Å². The molecule has 0 aromatic rings. The molecule has 42 heteroatoms. The van der Waals surface area contributed by atoms with Gasteiger partial charge < -0.3 is 185 Å². The normalized spacial score (nSPS) is 35.5. The second kappa shape index (κ2) is 55.1. The van der Waals surface area contributed by atoms with Crippen molar-refractivity contribution in [2.24, 2.45) is 5.92 Å². The van der Waals surface area contributed by atoms with E-state index in [1.807, 2.05) is 0 Å². The summed E-state index contributed by atoms with van der Waals surface area (Å²) in [6.45, 7) is -0.814. The van der Waals surface area contributed by atoms with E-state index >= 15 is 0 Å². The Balaban J connectivity index is 1.35. The minimum Gasteiger partial charge on any atom is -0.477 e. The molecule has 2 unspecified atom stereocenters. The maximum absolute atomic E-state index is 14.4. The standard InChI is InChI=1S/C83H145N3O39/c1-6-8-10-12-14-16-18-20-22-24-26-28-30-32-49(96)48(86-58(100)33-31-29-27-25-23-21-19-17-15-13-11-9-7-2)43-114-77-68(108)66(106)71(56(41-91)117-77)120-79-69(109)75(72(57(42-92)118-79)121-76-47(34-44(3)93)70(63(103)54(39-89)115-76)119-78-67(107)65(105)62(102)53(38-88)116-78)125-83(81(112)113)36-51(98)60(85-46(5)95)74(124-83)64(104)55(40-90)122-82(80(110)111)35-50(97)59(84-45(4)94)73(123-82)61(101)52(99)37-87/h30,32,47-57,59-79,87-92,96-99,101-109H,6-29,31,33-43H2,1-5H3,(H,84,94)(H,85,95)(H,86,100)(H,110,111)(H,112,113)/t47-,48+,49-,50+,51+,52-,53-,54-,55-,56-,57-,59-,60-,61-,62+,63+,64-,65+,66-,67-,68-,69-,70-,71-,72+,73?,74?,75-,76+,77-,78+,79+,82-,83+/m1/s1. The Morgan fingerprint density at radius 1 is 0.456 bits per heavy atom. The van der Waals surface area contributed by atoms with Gasteiger partial charge in [-0.1, -0.05) is 167 Å². The first kappa shape index (κ1) is 109. The number of hydrogen-bond donors (Lipinski definition) is 24. The number of unbranched alkanes of at least 4 members (excludes halogenated alkanes) is 23. The zero-order chi connectivity index (χ0) is 92.4. The Labute approximate surface area is 728 Å². The summed E-state index contributed by atoms with van der Waals surface area (Å²) in [6.07, 6.45) is -34.8. The van der Waals surface area contributed by atoms with Crippen LogP contribution in [-0.4, -0.2) is 390 Å². The monoisotopic (exact) mass is 1810 g/mol. The van der Waals surface area contributed by atoms with Gasteiger partial charge in [0.2, 0.25) is 17.7 Å². The van der Waals surface area contributed by atoms with Crippen molar-refractivity contribution in [1.29, 1.82) is 0 Å². The van der Waals surface area contributed by atoms with Gasteiger partial charge in [0, 0.05) is 45.4 Å². The molecule has 0 aliphatic carbocycles. The molecule has 6 fully saturated rings. The van der Waals surface area contributed by atoms with E-state index in [9.17, 15) is 136 Å². The number of carboxylic acid groups (broad SMARTS) is 2. The van der Waals surface area contributed by atoms with Crippen LogP contribution >= 0.6 is 0 Å². The summed E-state index contributed by atoms with van der Waals surface area (Å²) in [6, 6.07) is -5.10. The number of aliphatic hydroxyl groups excluding tert-OH is 19. The van der Waals surface area contributed by atoms with Gasteiger partial charge in [-0.15, -0.1) is 0 Å². The molecule has 125 heavy (non-hydrogen) atoms. The average Bonchev–Trinajstić information content (AvgIpc) is 0.744. The fourth-order valence-corrected chi connectivity index (χ4v) is 16.8. The molecule has 0 saturated carbocycles. The summed E-state index contributed by atoms with van der Waals surface area (Å²) >= 11 is 0. The SMILES string of the molecule is CCCCCCCCCCCCCC=C[C@@H](O)[C@H](CO[C@@H]1O[C@H](CO)[C@@H](O[C@@H]2O[C@H](CO)[C@H](O[C@@H]3O[C@H](CO)[C@H](O)[C@H](O[C@@H]4O[C@H](CO)[C@H](O)[C@H](O)[C@H]4O)[C@H]3CC(C)=O)[C@H](O[C@]3(C(=O)O)C[C@H](O)[C@@H](NC(C)=O)C([C@H](O)[C@@H](CO)O[C@]4(C(=O)O)C[C@H](O)[C@@H](NC(C)=O)C([C@H](O)[C@H](O)CO)O4)O3)[C@H]2O)[C@H](O)[C@H]1O)NC(=O)CCCCCCCCCCCCCCC. The van der Waals surface area contributed by atoms with Gasteiger partial charge in [-0.25, -0.2) is 9.59 Å². The van der Waals surface area contributed by atoms with E-state index in [0.29, 0.717) is 12.8 Å². The van der Waals surface area contributed by atoms with Gasteiger partial charge in [0.1, 0.15) is 128 Å². The quantitative estimate of drug-likeness (QED) is 0.0207. The van der Waals surface area contributed by atoms with Crippen molar-refractivity contribution >= 4 is 35.4 Å². The number of nitrogens with one attached hydrogen (secondary N) is 3. The molecule has 0 aromatic carbocycles. The number of carbonyl (C=O) groups is 6. The maximum Gasteiger partial charge on any atom is 0.364 e. The Morgan fingerprint density at radius 2 is 0.888 bits per heavy atom. The third-order valence-electron chi connectivity index (χ3n) is 23.9. The maximum atomic E-state index is 14.4. The Kier molecular flexibility index (Phi) is 48.2. The van der Waals surface area contributed by atoms with Gasteiger partial charge >= 0.3 is 11.9 Å². The van der Waals surface area contributed by atoms with Crippen LogP contribution in [0.25, 0.3) is 0 Å². The van der Waals surface area contributed by atoms with Crippen LogP contribution in [0.1, 0.15) is 221 Å². The topological polar surface area (TPSA) is 674 Å². The zero-order valence-electron chi connectivity index (χ0n) is 72.3. The van der Waals surface area contributed by atoms with Gasteiger partial charge in [0.25, 0.3) is 11.6 Å². The fraction of sp³-hybridized carbons (Fsp3) is 0.904. The van der Waals surface area contributed by atoms with E-state index in [1.165, 1.54) is 89.5 Å². The van der Waals surface area contributed by atoms with Crippen molar-refractivity contribution in [2.75, 3.05) is 46.2 Å². The van der Waals surface area contributed by atoms with Crippen molar-refractivity contribution in [3.63, 3.8) is 0 Å². The molecule has 24 N–H and O–H groups in total.